The van der Waals surface area contributed by atoms with E-state index in [1.54, 1.807) is 12.4 Å². The van der Waals surface area contributed by atoms with E-state index in [1.165, 1.54) is 11.8 Å². The number of aromatic nitrogens is 4. The maximum atomic E-state index is 12.2. The quantitative estimate of drug-likeness (QED) is 0.590. The third-order valence-electron chi connectivity index (χ3n) is 3.43. The standard InChI is InChI=1S/C17H15BrN4OS/c1-22-16(13-3-2-8-19-10-13)20-21-17(22)24-11-15(23)9-12-4-6-14(18)7-5-12/h2-8,10H,9,11H2,1H3. The molecule has 0 atom stereocenters. The molecular formula is C17H15BrN4OS. The Bertz CT molecular complexity index is 834. The Morgan fingerprint density at radius 2 is 2.00 bits per heavy atom. The molecule has 2 aromatic heterocycles. The lowest BCUT2D eigenvalue weighted by Crippen LogP contribution is -2.06. The molecular weight excluding hydrogens is 388 g/mol. The normalized spacial score (nSPS) is 10.8. The van der Waals surface area contributed by atoms with Crippen molar-refractivity contribution < 1.29 is 4.79 Å². The van der Waals surface area contributed by atoms with Gasteiger partial charge in [0.25, 0.3) is 0 Å². The second-order valence-electron chi connectivity index (χ2n) is 5.24. The van der Waals surface area contributed by atoms with Gasteiger partial charge in [-0.05, 0) is 29.8 Å². The highest BCUT2D eigenvalue weighted by atomic mass is 79.9. The SMILES string of the molecule is Cn1c(SCC(=O)Cc2ccc(Br)cc2)nnc1-c1cccnc1. The maximum absolute atomic E-state index is 12.2. The minimum absolute atomic E-state index is 0.160. The molecule has 1 aromatic carbocycles. The molecule has 0 aliphatic rings. The lowest BCUT2D eigenvalue weighted by atomic mass is 10.1. The van der Waals surface area contributed by atoms with E-state index in [0.29, 0.717) is 12.2 Å². The van der Waals surface area contributed by atoms with Crippen molar-refractivity contribution in [2.75, 3.05) is 5.75 Å². The summed E-state index contributed by atoms with van der Waals surface area (Å²) in [6.45, 7) is 0. The van der Waals surface area contributed by atoms with E-state index in [4.69, 9.17) is 0 Å². The molecule has 2 heterocycles. The van der Waals surface area contributed by atoms with Crippen LogP contribution in [0.15, 0.2) is 58.4 Å². The average molecular weight is 403 g/mol. The minimum atomic E-state index is 0.160. The highest BCUT2D eigenvalue weighted by Crippen LogP contribution is 2.22. The first-order valence-corrected chi connectivity index (χ1v) is 9.10. The highest BCUT2D eigenvalue weighted by Gasteiger charge is 2.13. The van der Waals surface area contributed by atoms with Gasteiger partial charge in [-0.2, -0.15) is 0 Å². The van der Waals surface area contributed by atoms with E-state index in [1.807, 2.05) is 48.0 Å². The molecule has 0 unspecified atom stereocenters. The number of Topliss-reactive ketones (excluding diaryl/α,β-unsaturated/α-hetero) is 1. The summed E-state index contributed by atoms with van der Waals surface area (Å²) in [5.41, 5.74) is 1.92. The lowest BCUT2D eigenvalue weighted by molar-refractivity contribution is -0.116. The van der Waals surface area contributed by atoms with E-state index < -0.39 is 0 Å². The number of thioether (sulfide) groups is 1. The van der Waals surface area contributed by atoms with Gasteiger partial charge >= 0.3 is 0 Å². The van der Waals surface area contributed by atoms with Crippen LogP contribution >= 0.6 is 27.7 Å². The van der Waals surface area contributed by atoms with Crippen LogP contribution in [0.25, 0.3) is 11.4 Å². The van der Waals surface area contributed by atoms with Crippen molar-refractivity contribution in [3.8, 4) is 11.4 Å². The molecule has 0 bridgehead atoms. The molecule has 0 spiro atoms. The molecule has 3 aromatic rings. The van der Waals surface area contributed by atoms with Crippen molar-refractivity contribution in [3.63, 3.8) is 0 Å². The minimum Gasteiger partial charge on any atom is -0.305 e. The molecule has 24 heavy (non-hydrogen) atoms. The summed E-state index contributed by atoms with van der Waals surface area (Å²) in [5, 5.41) is 9.09. The molecule has 3 rings (SSSR count). The third kappa shape index (κ3) is 4.10. The average Bonchev–Trinajstić information content (AvgIpc) is 2.97. The van der Waals surface area contributed by atoms with Crippen molar-refractivity contribution in [3.05, 3.63) is 58.8 Å². The zero-order valence-corrected chi connectivity index (χ0v) is 15.4. The fraction of sp³-hybridized carbons (Fsp3) is 0.176. The summed E-state index contributed by atoms with van der Waals surface area (Å²) in [6, 6.07) is 11.6. The number of pyridine rings is 1. The lowest BCUT2D eigenvalue weighted by Gasteiger charge is -2.04. The van der Waals surface area contributed by atoms with Crippen molar-refractivity contribution >= 4 is 33.5 Å². The monoisotopic (exact) mass is 402 g/mol. The Kier molecular flexibility index (Phi) is 5.42. The van der Waals surface area contributed by atoms with Gasteiger partial charge in [0.2, 0.25) is 0 Å². The number of hydrogen-bond acceptors (Lipinski definition) is 5. The Morgan fingerprint density at radius 3 is 2.71 bits per heavy atom. The number of carbonyl (C=O) groups excluding carboxylic acids is 1. The molecule has 122 valence electrons. The Balaban J connectivity index is 1.62. The Hall–Kier alpha value is -1.99. The zero-order chi connectivity index (χ0) is 16.9. The van der Waals surface area contributed by atoms with Gasteiger partial charge in [-0.3, -0.25) is 9.78 Å². The van der Waals surface area contributed by atoms with Crippen LogP contribution in [-0.2, 0) is 18.3 Å². The Labute approximate surface area is 152 Å². The summed E-state index contributed by atoms with van der Waals surface area (Å²) in [5.74, 6) is 1.27. The number of hydrogen-bond donors (Lipinski definition) is 0. The fourth-order valence-electron chi connectivity index (χ4n) is 2.21. The number of ketones is 1. The van der Waals surface area contributed by atoms with E-state index in [2.05, 4.69) is 31.1 Å². The molecule has 0 radical (unpaired) electrons. The van der Waals surface area contributed by atoms with Crippen LogP contribution in [0.5, 0.6) is 0 Å². The molecule has 5 nitrogen and oxygen atoms in total. The maximum Gasteiger partial charge on any atom is 0.191 e. The van der Waals surface area contributed by atoms with Gasteiger partial charge in [0, 0.05) is 35.9 Å². The first-order chi connectivity index (χ1) is 11.6. The molecule has 0 fully saturated rings. The van der Waals surface area contributed by atoms with Crippen molar-refractivity contribution in [1.29, 1.82) is 0 Å². The first-order valence-electron chi connectivity index (χ1n) is 7.32. The Morgan fingerprint density at radius 1 is 1.21 bits per heavy atom. The van der Waals surface area contributed by atoms with Crippen LogP contribution in [0.3, 0.4) is 0 Å². The van der Waals surface area contributed by atoms with Gasteiger partial charge in [0.15, 0.2) is 11.0 Å². The predicted octanol–water partition coefficient (Wildman–Crippen LogP) is 3.54. The molecule has 0 N–H and O–H groups in total. The molecule has 0 aliphatic heterocycles. The van der Waals surface area contributed by atoms with Crippen LogP contribution in [0.1, 0.15) is 5.56 Å². The van der Waals surface area contributed by atoms with Gasteiger partial charge in [0.1, 0.15) is 5.78 Å². The second kappa shape index (κ2) is 7.72. The zero-order valence-electron chi connectivity index (χ0n) is 13.0. The van der Waals surface area contributed by atoms with Gasteiger partial charge < -0.3 is 4.57 Å². The third-order valence-corrected chi connectivity index (χ3v) is 5.04. The van der Waals surface area contributed by atoms with Gasteiger partial charge in [-0.15, -0.1) is 10.2 Å². The van der Waals surface area contributed by atoms with Crippen molar-refractivity contribution in [2.45, 2.75) is 11.6 Å². The summed E-state index contributed by atoms with van der Waals surface area (Å²) < 4.78 is 2.89. The van der Waals surface area contributed by atoms with Crippen LogP contribution in [0, 0.1) is 0 Å². The summed E-state index contributed by atoms with van der Waals surface area (Å²) in [6.07, 6.45) is 3.89. The molecule has 7 heteroatoms. The summed E-state index contributed by atoms with van der Waals surface area (Å²) in [4.78, 5) is 16.3. The van der Waals surface area contributed by atoms with Crippen LogP contribution in [0.2, 0.25) is 0 Å². The smallest absolute Gasteiger partial charge is 0.191 e. The summed E-state index contributed by atoms with van der Waals surface area (Å²) in [7, 11) is 1.89. The summed E-state index contributed by atoms with van der Waals surface area (Å²) >= 11 is 4.79. The molecule has 0 saturated heterocycles. The van der Waals surface area contributed by atoms with E-state index in [-0.39, 0.29) is 5.78 Å². The number of nitrogens with zero attached hydrogens (tertiary/aromatic N) is 4. The van der Waals surface area contributed by atoms with E-state index in [9.17, 15) is 4.79 Å². The number of carbonyl (C=O) groups is 1. The number of benzene rings is 1. The first kappa shape index (κ1) is 16.9. The second-order valence-corrected chi connectivity index (χ2v) is 7.10. The number of halogens is 1. The van der Waals surface area contributed by atoms with Crippen LogP contribution in [0.4, 0.5) is 0 Å². The molecule has 0 aliphatic carbocycles. The van der Waals surface area contributed by atoms with Crippen LogP contribution < -0.4 is 0 Å². The topological polar surface area (TPSA) is 60.7 Å². The number of rotatable bonds is 6. The van der Waals surface area contributed by atoms with Crippen molar-refractivity contribution in [1.82, 2.24) is 19.7 Å². The van der Waals surface area contributed by atoms with Crippen molar-refractivity contribution in [2.24, 2.45) is 7.05 Å². The van der Waals surface area contributed by atoms with E-state index >= 15 is 0 Å². The van der Waals surface area contributed by atoms with Gasteiger partial charge in [-0.1, -0.05) is 39.8 Å². The van der Waals surface area contributed by atoms with Gasteiger partial charge in [-0.25, -0.2) is 0 Å². The van der Waals surface area contributed by atoms with Crippen LogP contribution in [-0.4, -0.2) is 31.3 Å². The largest absolute Gasteiger partial charge is 0.305 e. The molecule has 0 saturated carbocycles. The van der Waals surface area contributed by atoms with Gasteiger partial charge in [0.05, 0.1) is 5.75 Å². The van der Waals surface area contributed by atoms with E-state index in [0.717, 1.165) is 26.6 Å². The molecule has 0 amide bonds. The predicted molar refractivity (Wildman–Crippen MR) is 97.8 cm³/mol. The highest BCUT2D eigenvalue weighted by molar-refractivity contribution is 9.10. The fourth-order valence-corrected chi connectivity index (χ4v) is 3.25.